The van der Waals surface area contributed by atoms with Gasteiger partial charge in [0, 0.05) is 12.6 Å². The van der Waals surface area contributed by atoms with Gasteiger partial charge in [-0.15, -0.1) is 0 Å². The summed E-state index contributed by atoms with van der Waals surface area (Å²) < 4.78 is 7.08. The highest BCUT2D eigenvalue weighted by molar-refractivity contribution is 7.20. The molecular formula is C20H22N2OS. The van der Waals surface area contributed by atoms with Crippen LogP contribution in [0.1, 0.15) is 31.7 Å². The van der Waals surface area contributed by atoms with Gasteiger partial charge in [0.05, 0.1) is 10.2 Å². The predicted molar refractivity (Wildman–Crippen MR) is 99.9 cm³/mol. The van der Waals surface area contributed by atoms with E-state index in [0.29, 0.717) is 11.2 Å². The zero-order chi connectivity index (χ0) is 16.4. The van der Waals surface area contributed by atoms with Crippen molar-refractivity contribution < 1.29 is 4.74 Å². The molecule has 2 aromatic carbocycles. The zero-order valence-corrected chi connectivity index (χ0v) is 14.8. The molecule has 2 heterocycles. The molecule has 0 amide bonds. The molecule has 3 aromatic rings. The van der Waals surface area contributed by atoms with Gasteiger partial charge in [-0.05, 0) is 56.1 Å². The average Bonchev–Trinajstić information content (AvgIpc) is 3.01. The molecule has 0 unspecified atom stereocenters. The molecule has 1 aromatic heterocycles. The maximum Gasteiger partial charge on any atom is 0.279 e. The molecule has 1 aliphatic rings. The highest BCUT2D eigenvalue weighted by atomic mass is 32.1. The average molecular weight is 338 g/mol. The van der Waals surface area contributed by atoms with Crippen LogP contribution in [0.2, 0.25) is 0 Å². The van der Waals surface area contributed by atoms with E-state index in [2.05, 4.69) is 47.1 Å². The smallest absolute Gasteiger partial charge is 0.279 e. The Morgan fingerprint density at radius 2 is 1.96 bits per heavy atom. The molecule has 1 fully saturated rings. The maximum absolute atomic E-state index is 5.92. The van der Waals surface area contributed by atoms with Crippen LogP contribution in [0.25, 0.3) is 10.2 Å². The summed E-state index contributed by atoms with van der Waals surface area (Å²) in [5.74, 6) is 0.851. The first-order valence-corrected chi connectivity index (χ1v) is 9.46. The van der Waals surface area contributed by atoms with E-state index in [0.717, 1.165) is 22.5 Å². The Bertz CT molecular complexity index is 779. The van der Waals surface area contributed by atoms with Gasteiger partial charge in [-0.3, -0.25) is 4.90 Å². The fourth-order valence-corrected chi connectivity index (χ4v) is 4.12. The van der Waals surface area contributed by atoms with Crippen molar-refractivity contribution in [1.82, 2.24) is 9.88 Å². The maximum atomic E-state index is 5.92. The summed E-state index contributed by atoms with van der Waals surface area (Å²) in [7, 11) is 0. The number of aromatic nitrogens is 1. The van der Waals surface area contributed by atoms with E-state index in [1.165, 1.54) is 31.4 Å². The quantitative estimate of drug-likeness (QED) is 0.631. The molecule has 0 saturated carbocycles. The summed E-state index contributed by atoms with van der Waals surface area (Å²) in [6, 6.07) is 17.3. The molecule has 0 spiro atoms. The van der Waals surface area contributed by atoms with Gasteiger partial charge >= 0.3 is 0 Å². The molecule has 4 heteroatoms. The molecular weight excluding hydrogens is 316 g/mol. The predicted octanol–water partition coefficient (Wildman–Crippen LogP) is 5.46. The molecule has 1 saturated heterocycles. The van der Waals surface area contributed by atoms with Crippen LogP contribution in [0.3, 0.4) is 0 Å². The second kappa shape index (κ2) is 6.91. The van der Waals surface area contributed by atoms with E-state index in [1.807, 2.05) is 18.2 Å². The minimum atomic E-state index is 0.692. The lowest BCUT2D eigenvalue weighted by Crippen LogP contribution is -2.36. The van der Waals surface area contributed by atoms with Gasteiger partial charge in [-0.1, -0.05) is 42.0 Å². The van der Waals surface area contributed by atoms with Crippen LogP contribution in [-0.2, 0) is 6.54 Å². The minimum Gasteiger partial charge on any atom is -0.431 e. The van der Waals surface area contributed by atoms with Gasteiger partial charge in [0.2, 0.25) is 0 Å². The van der Waals surface area contributed by atoms with E-state index in [9.17, 15) is 0 Å². The van der Waals surface area contributed by atoms with Gasteiger partial charge in [0.1, 0.15) is 5.75 Å². The Morgan fingerprint density at radius 1 is 1.12 bits per heavy atom. The van der Waals surface area contributed by atoms with Gasteiger partial charge in [0.25, 0.3) is 5.19 Å². The number of rotatable bonds is 4. The van der Waals surface area contributed by atoms with Crippen LogP contribution >= 0.6 is 11.3 Å². The third-order valence-electron chi connectivity index (χ3n) is 4.73. The number of likely N-dealkylation sites (tertiary alicyclic amines) is 1. The number of para-hydroxylation sites is 1. The third-order valence-corrected chi connectivity index (χ3v) is 5.64. The lowest BCUT2D eigenvalue weighted by molar-refractivity contribution is 0.152. The van der Waals surface area contributed by atoms with Crippen LogP contribution in [0.15, 0.2) is 48.5 Å². The zero-order valence-electron chi connectivity index (χ0n) is 13.9. The molecule has 24 heavy (non-hydrogen) atoms. The fourth-order valence-electron chi connectivity index (χ4n) is 3.29. The Labute approximate surface area is 146 Å². The molecule has 1 atom stereocenters. The van der Waals surface area contributed by atoms with Crippen molar-refractivity contribution in [3.05, 3.63) is 54.1 Å². The van der Waals surface area contributed by atoms with E-state index < -0.39 is 0 Å². The minimum absolute atomic E-state index is 0.692. The Kier molecular flexibility index (Phi) is 4.50. The number of benzene rings is 2. The topological polar surface area (TPSA) is 25.4 Å². The fraction of sp³-hybridized carbons (Fsp3) is 0.350. The lowest BCUT2D eigenvalue weighted by atomic mass is 10.0. The summed E-state index contributed by atoms with van der Waals surface area (Å²) >= 11 is 1.58. The molecule has 124 valence electrons. The highest BCUT2D eigenvalue weighted by Crippen LogP contribution is 2.31. The summed E-state index contributed by atoms with van der Waals surface area (Å²) in [6.45, 7) is 4.58. The first kappa shape index (κ1) is 15.6. The Morgan fingerprint density at radius 3 is 2.75 bits per heavy atom. The molecule has 0 radical (unpaired) electrons. The van der Waals surface area contributed by atoms with Gasteiger partial charge in [0.15, 0.2) is 0 Å². The van der Waals surface area contributed by atoms with Crippen molar-refractivity contribution >= 4 is 21.6 Å². The van der Waals surface area contributed by atoms with Crippen molar-refractivity contribution in [3.8, 4) is 10.9 Å². The lowest BCUT2D eigenvalue weighted by Gasteiger charge is -2.33. The molecule has 0 bridgehead atoms. The first-order valence-electron chi connectivity index (χ1n) is 8.64. The summed E-state index contributed by atoms with van der Waals surface area (Å²) in [5.41, 5.74) is 2.34. The van der Waals surface area contributed by atoms with Crippen molar-refractivity contribution in [2.75, 3.05) is 6.54 Å². The molecule has 1 aliphatic heterocycles. The standard InChI is InChI=1S/C20H22N2OS/c1-15-6-4-5-13-22(15)14-16-9-11-17(12-10-16)23-20-21-18-7-2-3-8-19(18)24-20/h2-3,7-12,15H,4-6,13-14H2,1H3/t15-/m0/s1. The number of piperidine rings is 1. The first-order chi connectivity index (χ1) is 11.8. The van der Waals surface area contributed by atoms with Crippen LogP contribution < -0.4 is 4.74 Å². The SMILES string of the molecule is C[C@H]1CCCCN1Cc1ccc(Oc2nc3ccccc3s2)cc1. The second-order valence-corrected chi connectivity index (χ2v) is 7.50. The Balaban J connectivity index is 1.43. The van der Waals surface area contributed by atoms with E-state index in [-0.39, 0.29) is 0 Å². The number of thiazole rings is 1. The van der Waals surface area contributed by atoms with Gasteiger partial charge in [-0.2, -0.15) is 0 Å². The Hall–Kier alpha value is -1.91. The van der Waals surface area contributed by atoms with Crippen LogP contribution in [-0.4, -0.2) is 22.5 Å². The summed E-state index contributed by atoms with van der Waals surface area (Å²) in [4.78, 5) is 7.10. The third kappa shape index (κ3) is 3.45. The van der Waals surface area contributed by atoms with Crippen molar-refractivity contribution in [1.29, 1.82) is 0 Å². The van der Waals surface area contributed by atoms with Crippen molar-refractivity contribution in [2.45, 2.75) is 38.8 Å². The van der Waals surface area contributed by atoms with Crippen LogP contribution in [0, 0.1) is 0 Å². The number of hydrogen-bond donors (Lipinski definition) is 0. The largest absolute Gasteiger partial charge is 0.431 e. The van der Waals surface area contributed by atoms with Crippen molar-refractivity contribution in [3.63, 3.8) is 0 Å². The van der Waals surface area contributed by atoms with Crippen LogP contribution in [0.5, 0.6) is 10.9 Å². The number of hydrogen-bond acceptors (Lipinski definition) is 4. The van der Waals surface area contributed by atoms with Gasteiger partial charge in [-0.25, -0.2) is 4.98 Å². The summed E-state index contributed by atoms with van der Waals surface area (Å²) in [5, 5.41) is 0.702. The molecule has 3 nitrogen and oxygen atoms in total. The monoisotopic (exact) mass is 338 g/mol. The number of nitrogens with zero attached hydrogens (tertiary/aromatic N) is 2. The summed E-state index contributed by atoms with van der Waals surface area (Å²) in [6.07, 6.45) is 4.01. The molecule has 0 aliphatic carbocycles. The normalized spacial score (nSPS) is 18.8. The van der Waals surface area contributed by atoms with E-state index in [4.69, 9.17) is 4.74 Å². The highest BCUT2D eigenvalue weighted by Gasteiger charge is 2.18. The second-order valence-electron chi connectivity index (χ2n) is 6.51. The van der Waals surface area contributed by atoms with Gasteiger partial charge < -0.3 is 4.74 Å². The van der Waals surface area contributed by atoms with E-state index in [1.54, 1.807) is 11.3 Å². The van der Waals surface area contributed by atoms with E-state index >= 15 is 0 Å². The van der Waals surface area contributed by atoms with Crippen molar-refractivity contribution in [2.24, 2.45) is 0 Å². The number of ether oxygens (including phenoxy) is 1. The molecule has 4 rings (SSSR count). The molecule has 0 N–H and O–H groups in total. The van der Waals surface area contributed by atoms with Crippen LogP contribution in [0.4, 0.5) is 0 Å². The number of fused-ring (bicyclic) bond motifs is 1.